The van der Waals surface area contributed by atoms with Crippen LogP contribution in [-0.4, -0.2) is 10.0 Å². The van der Waals surface area contributed by atoms with Crippen molar-refractivity contribution in [3.63, 3.8) is 0 Å². The van der Waals surface area contributed by atoms with Gasteiger partial charge in [-0.3, -0.25) is 10.1 Å². The summed E-state index contributed by atoms with van der Waals surface area (Å²) in [5, 5.41) is 19.8. The molecule has 0 saturated carbocycles. The van der Waals surface area contributed by atoms with Gasteiger partial charge in [-0.25, -0.2) is 0 Å². The van der Waals surface area contributed by atoms with Gasteiger partial charge < -0.3 is 5.11 Å². The van der Waals surface area contributed by atoms with Gasteiger partial charge in [0.15, 0.2) is 0 Å². The van der Waals surface area contributed by atoms with E-state index in [1.54, 1.807) is 0 Å². The highest BCUT2D eigenvalue weighted by molar-refractivity contribution is 9.10. The van der Waals surface area contributed by atoms with Crippen molar-refractivity contribution >= 4 is 33.2 Å². The van der Waals surface area contributed by atoms with Crippen molar-refractivity contribution in [1.29, 1.82) is 0 Å². The topological polar surface area (TPSA) is 63.4 Å². The molecule has 0 fully saturated rings. The van der Waals surface area contributed by atoms with Crippen molar-refractivity contribution in [1.82, 2.24) is 0 Å². The second-order valence-corrected chi connectivity index (χ2v) is 3.68. The normalized spacial score (nSPS) is 10.1. The number of halogens is 2. The monoisotopic (exact) mass is 265 g/mol. The molecule has 0 aliphatic rings. The summed E-state index contributed by atoms with van der Waals surface area (Å²) in [5.41, 5.74) is -0.00808. The van der Waals surface area contributed by atoms with E-state index in [4.69, 9.17) is 11.6 Å². The molecule has 0 radical (unpaired) electrons. The summed E-state index contributed by atoms with van der Waals surface area (Å²) in [5.74, 6) is -0.493. The molecule has 0 atom stereocenters. The van der Waals surface area contributed by atoms with E-state index in [-0.39, 0.29) is 10.7 Å². The molecule has 70 valence electrons. The van der Waals surface area contributed by atoms with Gasteiger partial charge in [0, 0.05) is 10.0 Å². The summed E-state index contributed by atoms with van der Waals surface area (Å²) in [6.45, 7) is 1.53. The number of phenols is 1. The van der Waals surface area contributed by atoms with Crippen LogP contribution in [0.4, 0.5) is 5.69 Å². The van der Waals surface area contributed by atoms with Gasteiger partial charge in [-0.2, -0.15) is 0 Å². The molecule has 0 aliphatic heterocycles. The molecule has 1 rings (SSSR count). The predicted molar refractivity (Wildman–Crippen MR) is 52.2 cm³/mol. The molecule has 1 aromatic carbocycles. The quantitative estimate of drug-likeness (QED) is 0.628. The standard InChI is InChI=1S/C7H5BrClNO3/c1-3-4(8)2-5(9)7(11)6(3)10(12)13/h2,11H,1H3. The first-order valence-corrected chi connectivity index (χ1v) is 4.44. The molecule has 4 nitrogen and oxygen atoms in total. The zero-order valence-electron chi connectivity index (χ0n) is 6.54. The van der Waals surface area contributed by atoms with Crippen LogP contribution in [0.1, 0.15) is 5.56 Å². The van der Waals surface area contributed by atoms with Gasteiger partial charge in [0.1, 0.15) is 0 Å². The second-order valence-electron chi connectivity index (χ2n) is 2.42. The summed E-state index contributed by atoms with van der Waals surface area (Å²) in [7, 11) is 0. The molecule has 13 heavy (non-hydrogen) atoms. The third-order valence-corrected chi connectivity index (χ3v) is 2.71. The van der Waals surface area contributed by atoms with Gasteiger partial charge >= 0.3 is 5.69 Å². The fraction of sp³-hybridized carbons (Fsp3) is 0.143. The number of nitro groups is 1. The molecule has 0 bridgehead atoms. The maximum Gasteiger partial charge on any atom is 0.316 e. The van der Waals surface area contributed by atoms with Gasteiger partial charge in [-0.05, 0) is 13.0 Å². The number of hydrogen-bond donors (Lipinski definition) is 1. The summed E-state index contributed by atoms with van der Waals surface area (Å²) in [6.07, 6.45) is 0. The second kappa shape index (κ2) is 3.51. The lowest BCUT2D eigenvalue weighted by Gasteiger charge is -2.03. The zero-order chi connectivity index (χ0) is 10.2. The van der Waals surface area contributed by atoms with Crippen LogP contribution in [0.2, 0.25) is 5.02 Å². The average molecular weight is 266 g/mol. The Morgan fingerprint density at radius 1 is 1.69 bits per heavy atom. The summed E-state index contributed by atoms with van der Waals surface area (Å²) in [4.78, 5) is 9.85. The van der Waals surface area contributed by atoms with Gasteiger partial charge in [-0.15, -0.1) is 0 Å². The van der Waals surface area contributed by atoms with Crippen LogP contribution in [0.5, 0.6) is 5.75 Å². The minimum atomic E-state index is -0.665. The Morgan fingerprint density at radius 2 is 2.23 bits per heavy atom. The fourth-order valence-electron chi connectivity index (χ4n) is 0.915. The third kappa shape index (κ3) is 1.76. The Labute approximate surface area is 87.4 Å². The Bertz CT molecular complexity index is 354. The first kappa shape index (κ1) is 10.3. The molecule has 0 heterocycles. The molecule has 1 aromatic rings. The van der Waals surface area contributed by atoms with Crippen LogP contribution >= 0.6 is 27.5 Å². The third-order valence-electron chi connectivity index (χ3n) is 1.60. The van der Waals surface area contributed by atoms with Crippen LogP contribution in [0.15, 0.2) is 10.5 Å². The van der Waals surface area contributed by atoms with Gasteiger partial charge in [-0.1, -0.05) is 27.5 Å². The van der Waals surface area contributed by atoms with E-state index in [0.29, 0.717) is 10.0 Å². The fourth-order valence-corrected chi connectivity index (χ4v) is 1.66. The molecule has 0 aliphatic carbocycles. The number of hydrogen-bond acceptors (Lipinski definition) is 3. The van der Waals surface area contributed by atoms with Crippen LogP contribution in [-0.2, 0) is 0 Å². The first-order valence-electron chi connectivity index (χ1n) is 3.27. The van der Waals surface area contributed by atoms with Crippen molar-refractivity contribution in [2.75, 3.05) is 0 Å². The largest absolute Gasteiger partial charge is 0.501 e. The van der Waals surface area contributed by atoms with E-state index in [1.807, 2.05) is 0 Å². The molecule has 0 spiro atoms. The predicted octanol–water partition coefficient (Wildman–Crippen LogP) is 3.02. The lowest BCUT2D eigenvalue weighted by atomic mass is 10.2. The number of benzene rings is 1. The molecule has 6 heteroatoms. The van der Waals surface area contributed by atoms with E-state index in [9.17, 15) is 15.2 Å². The number of phenolic OH excluding ortho intramolecular Hbond substituents is 1. The maximum atomic E-state index is 10.5. The van der Waals surface area contributed by atoms with Crippen LogP contribution < -0.4 is 0 Å². The number of nitrogens with zero attached hydrogens (tertiary/aromatic N) is 1. The van der Waals surface area contributed by atoms with E-state index in [1.165, 1.54) is 13.0 Å². The summed E-state index contributed by atoms with van der Waals surface area (Å²) >= 11 is 8.65. The minimum absolute atomic E-state index is 0.0378. The Hall–Kier alpha value is -0.810. The van der Waals surface area contributed by atoms with Crippen LogP contribution in [0.25, 0.3) is 0 Å². The highest BCUT2D eigenvalue weighted by Gasteiger charge is 2.22. The van der Waals surface area contributed by atoms with E-state index in [0.717, 1.165) is 0 Å². The van der Waals surface area contributed by atoms with Gasteiger partial charge in [0.25, 0.3) is 0 Å². The Kier molecular flexibility index (Phi) is 2.77. The molecule has 0 saturated heterocycles. The SMILES string of the molecule is Cc1c(Br)cc(Cl)c(O)c1[N+](=O)[O-]. The number of nitro benzene ring substituents is 1. The average Bonchev–Trinajstić information content (AvgIpc) is 2.01. The Morgan fingerprint density at radius 3 is 2.69 bits per heavy atom. The van der Waals surface area contributed by atoms with Crippen molar-refractivity contribution < 1.29 is 10.0 Å². The number of aromatic hydroxyl groups is 1. The molecular formula is C7H5BrClNO3. The smallest absolute Gasteiger partial charge is 0.316 e. The van der Waals surface area contributed by atoms with Crippen molar-refractivity contribution in [2.24, 2.45) is 0 Å². The van der Waals surface area contributed by atoms with E-state index in [2.05, 4.69) is 15.9 Å². The maximum absolute atomic E-state index is 10.5. The molecule has 0 aromatic heterocycles. The van der Waals surface area contributed by atoms with E-state index < -0.39 is 10.7 Å². The highest BCUT2D eigenvalue weighted by Crippen LogP contribution is 2.40. The zero-order valence-corrected chi connectivity index (χ0v) is 8.89. The summed E-state index contributed by atoms with van der Waals surface area (Å²) in [6, 6.07) is 1.42. The highest BCUT2D eigenvalue weighted by atomic mass is 79.9. The first-order chi connectivity index (χ1) is 5.95. The molecule has 0 unspecified atom stereocenters. The molecular weight excluding hydrogens is 261 g/mol. The molecule has 1 N–H and O–H groups in total. The van der Waals surface area contributed by atoms with Crippen molar-refractivity contribution in [3.05, 3.63) is 31.2 Å². The van der Waals surface area contributed by atoms with Crippen molar-refractivity contribution in [3.8, 4) is 5.75 Å². The minimum Gasteiger partial charge on any atom is -0.501 e. The van der Waals surface area contributed by atoms with Gasteiger partial charge in [0.05, 0.1) is 9.95 Å². The van der Waals surface area contributed by atoms with Gasteiger partial charge in [0.2, 0.25) is 5.75 Å². The number of rotatable bonds is 1. The lowest BCUT2D eigenvalue weighted by Crippen LogP contribution is -1.93. The summed E-state index contributed by atoms with van der Waals surface area (Å²) < 4.78 is 0.502. The van der Waals surface area contributed by atoms with Crippen LogP contribution in [0.3, 0.4) is 0 Å². The van der Waals surface area contributed by atoms with Crippen LogP contribution in [0, 0.1) is 17.0 Å². The lowest BCUT2D eigenvalue weighted by molar-refractivity contribution is -0.386. The van der Waals surface area contributed by atoms with Crippen molar-refractivity contribution in [2.45, 2.75) is 6.92 Å². The Balaban J connectivity index is 3.56. The molecule has 0 amide bonds. The van der Waals surface area contributed by atoms with E-state index >= 15 is 0 Å².